The summed E-state index contributed by atoms with van der Waals surface area (Å²) in [5.41, 5.74) is -0.544. The van der Waals surface area contributed by atoms with Crippen molar-refractivity contribution in [2.24, 2.45) is 0 Å². The van der Waals surface area contributed by atoms with Crippen molar-refractivity contribution in [3.05, 3.63) is 35.5 Å². The van der Waals surface area contributed by atoms with Crippen LogP contribution in [0.5, 0.6) is 0 Å². The molecule has 0 bridgehead atoms. The van der Waals surface area contributed by atoms with E-state index in [1.54, 1.807) is 0 Å². The highest BCUT2D eigenvalue weighted by atomic mass is 16.6. The van der Waals surface area contributed by atoms with E-state index in [1.165, 1.54) is 12.1 Å². The van der Waals surface area contributed by atoms with Crippen LogP contribution < -0.4 is 5.32 Å². The van der Waals surface area contributed by atoms with Crippen molar-refractivity contribution in [3.8, 4) is 0 Å². The zero-order valence-electron chi connectivity index (χ0n) is 24.7. The highest BCUT2D eigenvalue weighted by molar-refractivity contribution is 5.84. The lowest BCUT2D eigenvalue weighted by Crippen LogP contribution is -2.28. The number of alkyl carbamates (subject to hydrolysis) is 1. The number of aryl methyl sites for hydroxylation is 1. The summed E-state index contributed by atoms with van der Waals surface area (Å²) >= 11 is 0. The molecule has 0 aliphatic carbocycles. The summed E-state index contributed by atoms with van der Waals surface area (Å²) in [5, 5.41) is 1.95. The molecule has 2 heterocycles. The summed E-state index contributed by atoms with van der Waals surface area (Å²) in [5.74, 6) is 0. The minimum atomic E-state index is -3.60. The number of carbonyl (C=O) groups excluding carboxylic acids is 1. The first-order chi connectivity index (χ1) is 15.5. The monoisotopic (exact) mass is 301 g/mol. The van der Waals surface area contributed by atoms with Crippen molar-refractivity contribution in [1.29, 1.82) is 0 Å². The third-order valence-electron chi connectivity index (χ3n) is 2.83. The molecule has 1 amide bonds. The second kappa shape index (κ2) is 5.77. The smallest absolute Gasteiger partial charge is 0.407 e. The summed E-state index contributed by atoms with van der Waals surface area (Å²) in [6, 6.07) is 1.85. The van der Waals surface area contributed by atoms with Gasteiger partial charge in [0.15, 0.2) is 0 Å². The fraction of sp³-hybridized carbons (Fsp3) is 0.438. The Kier molecular flexibility index (Phi) is 1.38. The highest BCUT2D eigenvalue weighted by Gasteiger charge is 2.22. The summed E-state index contributed by atoms with van der Waals surface area (Å²) < 4.78 is 115. The lowest BCUT2D eigenvalue weighted by molar-refractivity contribution is 0.177. The Labute approximate surface area is 143 Å². The van der Waals surface area contributed by atoms with Gasteiger partial charge in [0, 0.05) is 40.0 Å². The Morgan fingerprint density at radius 3 is 3.24 bits per heavy atom. The third kappa shape index (κ3) is 3.19. The van der Waals surface area contributed by atoms with Crippen molar-refractivity contribution >= 4 is 17.0 Å². The fourth-order valence-electron chi connectivity index (χ4n) is 1.95. The summed E-state index contributed by atoms with van der Waals surface area (Å²) in [6.07, 6.45) is -6.00. The van der Waals surface area contributed by atoms with Crippen molar-refractivity contribution in [2.75, 3.05) is 27.0 Å². The Balaban J connectivity index is 2.16. The number of H-pyrrole nitrogens is 1. The minimum absolute atomic E-state index is 0.109. The van der Waals surface area contributed by atoms with E-state index in [-0.39, 0.29) is 16.5 Å². The van der Waals surface area contributed by atoms with Crippen molar-refractivity contribution in [2.45, 2.75) is 18.8 Å². The molecule has 5 heteroatoms. The molecule has 2 aromatic rings. The summed E-state index contributed by atoms with van der Waals surface area (Å²) in [7, 11) is 0. The molecule has 5 nitrogen and oxygen atoms in total. The van der Waals surface area contributed by atoms with Crippen LogP contribution in [0.1, 0.15) is 30.3 Å². The SMILES string of the molecule is [2H]C1([2H])OC(=O)N[C@H]1C([2H])([2H])c1ccc2[nH]cc(C([2H])([2H])C([2H])([2H])N(C([2H])([2H])[2H])C([2H])([2H])[2H])c2c1. The zero-order chi connectivity index (χ0) is 27.0. The molecule has 0 saturated carbocycles. The molecule has 1 saturated heterocycles. The van der Waals surface area contributed by atoms with Gasteiger partial charge in [-0.25, -0.2) is 4.79 Å². The van der Waals surface area contributed by atoms with E-state index in [0.717, 1.165) is 12.3 Å². The first kappa shape index (κ1) is 5.02. The molecule has 1 aliphatic rings. The van der Waals surface area contributed by atoms with Gasteiger partial charge in [0.05, 0.1) is 8.78 Å². The van der Waals surface area contributed by atoms with E-state index in [1.807, 2.05) is 0 Å². The number of hydrogen-bond acceptors (Lipinski definition) is 3. The van der Waals surface area contributed by atoms with Crippen molar-refractivity contribution < 1.29 is 28.7 Å². The number of nitrogens with zero attached hydrogens (tertiary/aromatic N) is 1. The fourth-order valence-corrected chi connectivity index (χ4v) is 1.95. The first-order valence-electron chi connectivity index (χ1n) is 13.0. The second-order valence-corrected chi connectivity index (χ2v) is 4.26. The molecule has 1 fully saturated rings. The second-order valence-electron chi connectivity index (χ2n) is 4.26. The maximum Gasteiger partial charge on any atom is 0.407 e. The maximum absolute atomic E-state index is 11.5. The minimum Gasteiger partial charge on any atom is -0.447 e. The predicted octanol–water partition coefficient (Wildman–Crippen LogP) is 1.92. The van der Waals surface area contributed by atoms with E-state index in [2.05, 4.69) is 15.0 Å². The number of benzene rings is 1. The number of carbonyl (C=O) groups is 1. The molecule has 1 aromatic carbocycles. The molecule has 0 unspecified atom stereocenters. The topological polar surface area (TPSA) is 57.4 Å². The average molecular weight is 301 g/mol. The van der Waals surface area contributed by atoms with E-state index in [9.17, 15) is 4.79 Å². The van der Waals surface area contributed by atoms with Gasteiger partial charge in [0.2, 0.25) is 0 Å². The number of rotatable bonds is 5. The standard InChI is InChI=1S/C16H21N3O2/c1-19(2)6-5-12-9-17-15-4-3-11(8-14(12)15)7-13-10-21-16(20)18-13/h3-4,8-9,13,17H,5-7,10H2,1-2H3,(H,18,20)/t13-/m0/s1/i1D3,2D3,5D2,6D2,7D2,10D2. The highest BCUT2D eigenvalue weighted by Crippen LogP contribution is 2.21. The Bertz CT molecular complexity index is 1120. The van der Waals surface area contributed by atoms with Gasteiger partial charge in [0.1, 0.15) is 6.56 Å². The van der Waals surface area contributed by atoms with Crippen molar-refractivity contribution in [3.63, 3.8) is 0 Å². The first-order valence-corrected chi connectivity index (χ1v) is 5.96. The van der Waals surface area contributed by atoms with Crippen LogP contribution in [0.3, 0.4) is 0 Å². The normalized spacial score (nSPS) is 33.8. The van der Waals surface area contributed by atoms with E-state index >= 15 is 0 Å². The van der Waals surface area contributed by atoms with Gasteiger partial charge >= 0.3 is 6.09 Å². The Hall–Kier alpha value is -2.01. The molecule has 2 N–H and O–H groups in total. The molecule has 0 spiro atoms. The molecule has 3 rings (SSSR count). The number of hydrogen-bond donors (Lipinski definition) is 2. The number of nitrogens with one attached hydrogen (secondary N) is 2. The predicted molar refractivity (Wildman–Crippen MR) is 82.5 cm³/mol. The molecule has 1 atom stereocenters. The lowest BCUT2D eigenvalue weighted by atomic mass is 10.0. The van der Waals surface area contributed by atoms with E-state index in [0.29, 0.717) is 0 Å². The van der Waals surface area contributed by atoms with Crippen LogP contribution in [-0.4, -0.2) is 49.0 Å². The molecule has 21 heavy (non-hydrogen) atoms. The quantitative estimate of drug-likeness (QED) is 0.887. The van der Waals surface area contributed by atoms with E-state index < -0.39 is 62.4 Å². The van der Waals surface area contributed by atoms with Crippen molar-refractivity contribution in [1.82, 2.24) is 15.2 Å². The number of aromatic amines is 1. The summed E-state index contributed by atoms with van der Waals surface area (Å²) in [4.78, 5) is 13.7. The van der Waals surface area contributed by atoms with Gasteiger partial charge in [-0.3, -0.25) is 0 Å². The van der Waals surface area contributed by atoms with Gasteiger partial charge in [-0.15, -0.1) is 0 Å². The van der Waals surface area contributed by atoms with Gasteiger partial charge < -0.3 is 19.9 Å². The summed E-state index contributed by atoms with van der Waals surface area (Å²) in [6.45, 7) is -13.4. The molecular weight excluding hydrogens is 266 g/mol. The maximum atomic E-state index is 11.5. The number of amides is 1. The number of cyclic esters (lactones) is 1. The molecule has 1 aromatic heterocycles. The number of aromatic nitrogens is 1. The Morgan fingerprint density at radius 2 is 2.48 bits per heavy atom. The number of ether oxygens (including phenoxy) is 1. The van der Waals surface area contributed by atoms with Gasteiger partial charge in [-0.2, -0.15) is 0 Å². The average Bonchev–Trinajstić information content (AvgIpc) is 3.18. The molecule has 112 valence electrons. The molecule has 0 radical (unpaired) electrons. The third-order valence-corrected chi connectivity index (χ3v) is 2.83. The van der Waals surface area contributed by atoms with Crippen LogP contribution in [0.4, 0.5) is 4.79 Å². The Morgan fingerprint density at radius 1 is 1.57 bits per heavy atom. The van der Waals surface area contributed by atoms with Crippen LogP contribution in [0.2, 0.25) is 0 Å². The van der Waals surface area contributed by atoms with Crippen LogP contribution in [0.15, 0.2) is 24.4 Å². The van der Waals surface area contributed by atoms with Gasteiger partial charge in [-0.05, 0) is 50.0 Å². The lowest BCUT2D eigenvalue weighted by Gasteiger charge is -2.09. The van der Waals surface area contributed by atoms with Crippen LogP contribution in [-0.2, 0) is 17.5 Å². The van der Waals surface area contributed by atoms with Crippen LogP contribution >= 0.6 is 0 Å². The van der Waals surface area contributed by atoms with Gasteiger partial charge in [0.25, 0.3) is 0 Å². The largest absolute Gasteiger partial charge is 0.447 e. The molecule has 1 aliphatic heterocycles. The number of fused-ring (bicyclic) bond motifs is 1. The van der Waals surface area contributed by atoms with Gasteiger partial charge in [-0.1, -0.05) is 6.07 Å². The van der Waals surface area contributed by atoms with Crippen LogP contribution in [0, 0.1) is 0 Å². The molecular formula is C16H21N3O2. The zero-order valence-corrected chi connectivity index (χ0v) is 10.7. The van der Waals surface area contributed by atoms with Crippen LogP contribution in [0.25, 0.3) is 10.9 Å². The van der Waals surface area contributed by atoms with E-state index in [4.69, 9.17) is 19.2 Å². The number of likely N-dealkylation sites (N-methyl/N-ethyl adjacent to an activating group) is 1.